The summed E-state index contributed by atoms with van der Waals surface area (Å²) < 4.78 is 80.5. The molecule has 31 nitrogen and oxygen atoms in total. The third-order valence-corrected chi connectivity index (χ3v) is 20.6. The number of nitrogens with one attached hydrogen (secondary N) is 1. The van der Waals surface area contributed by atoms with E-state index in [0.717, 1.165) is 111 Å². The molecular weight excluding hydrogens is 1540 g/mol. The van der Waals surface area contributed by atoms with Gasteiger partial charge in [0.2, 0.25) is 17.8 Å². The van der Waals surface area contributed by atoms with E-state index >= 15 is 0 Å². The molecule has 16 rings (SSSR count). The second-order valence-corrected chi connectivity index (χ2v) is 32.0. The number of fused-ring (bicyclic) bond motifs is 9. The topological polar surface area (TPSA) is 360 Å². The van der Waals surface area contributed by atoms with Crippen molar-refractivity contribution < 1.29 is 52.2 Å². The number of nitrogens with two attached hydrogens (primary N) is 2. The fraction of sp³-hybridized carbons (Fsp3) is 0.468. The SMILES string of the molecule is CC(C)(O)Cn1cc(Br)cn1.COc1cc2nc(N)n3nc(C4CCCCN(c5cnn(CC(C)(C)O)c5)C4)nc3c2cc1F.COc1cc2nc(N)n3nc(C4CCCCN(c5cnn(CC(C)(C)O)c5)C4)nc3c2cc1F.COc1ccc(CNc2nc3cc(OC)c(F)cc3c3nc(C4CCCCCC4)nn23)c(OC)c1. The molecule has 0 spiro atoms. The standard InChI is InChI=1S/C26H30FN5O3.2C23H29FN8O2.C7H11BrN2O/c1-33-18-11-10-17(22(12-18)34-2)15-28-26-29-21-14-23(35-3)20(27)13-19(21)25-30-24(31-32(25)26)16-8-6-4-5-7-9-16;2*1-23(2,33)13-31-12-15(10-26-31)30-7-5-4-6-14(11-30)20-28-21-16-8-17(24)19(34-3)9-18(16)27-22(25)32(21)29-20;1-7(2,11)5-10-4-6(8)3-9-10/h10-14,16H,4-9,15H2,1-3H3,(H,28,29);2*8-10,12,14,33H,4-7,11,13H2,1-3H3,(H2,25,27);3-4,11H,5H2,1-2H3. The molecule has 2 atom stereocenters. The molecule has 11 heterocycles. The highest BCUT2D eigenvalue weighted by molar-refractivity contribution is 9.10. The van der Waals surface area contributed by atoms with Crippen molar-refractivity contribution in [3.63, 3.8) is 0 Å². The van der Waals surface area contributed by atoms with Crippen molar-refractivity contribution in [1.29, 1.82) is 0 Å². The van der Waals surface area contributed by atoms with E-state index in [-0.39, 0.29) is 41.0 Å². The molecular formula is C79H99BrF3N23O8. The number of rotatable bonds is 19. The zero-order valence-corrected chi connectivity index (χ0v) is 67.6. The summed E-state index contributed by atoms with van der Waals surface area (Å²) in [5.74, 6) is 3.78. The number of nitrogens with zero attached hydrogens (tertiary/aromatic N) is 20. The molecule has 0 amide bonds. The maximum atomic E-state index is 14.6. The molecule has 606 valence electrons. The first-order chi connectivity index (χ1) is 54.5. The van der Waals surface area contributed by atoms with Crippen molar-refractivity contribution in [1.82, 2.24) is 88.1 Å². The number of nitrogen functional groups attached to an aromatic ring is 2. The smallest absolute Gasteiger partial charge is 0.226 e. The van der Waals surface area contributed by atoms with E-state index < -0.39 is 34.3 Å². The number of aromatic nitrogens is 18. The van der Waals surface area contributed by atoms with Crippen LogP contribution in [0.15, 0.2) is 96.3 Å². The molecule has 1 aliphatic carbocycles. The van der Waals surface area contributed by atoms with Gasteiger partial charge in [-0.2, -0.15) is 28.8 Å². The van der Waals surface area contributed by atoms with Crippen LogP contribution in [-0.2, 0) is 26.2 Å². The highest BCUT2D eigenvalue weighted by Crippen LogP contribution is 2.38. The molecule has 0 bridgehead atoms. The zero-order chi connectivity index (χ0) is 80.9. The van der Waals surface area contributed by atoms with Crippen LogP contribution in [0.5, 0.6) is 28.7 Å². The molecule has 2 unspecified atom stereocenters. The predicted octanol–water partition coefficient (Wildman–Crippen LogP) is 12.4. The van der Waals surface area contributed by atoms with Gasteiger partial charge in [0.15, 0.2) is 69.1 Å². The van der Waals surface area contributed by atoms with Crippen molar-refractivity contribution in [3.05, 3.63) is 137 Å². The van der Waals surface area contributed by atoms with E-state index in [4.69, 9.17) is 60.2 Å². The quantitative estimate of drug-likeness (QED) is 0.0410. The largest absolute Gasteiger partial charge is 0.497 e. The lowest BCUT2D eigenvalue weighted by Crippen LogP contribution is -2.28. The van der Waals surface area contributed by atoms with Crippen LogP contribution in [-0.4, -0.2) is 182 Å². The molecule has 2 saturated heterocycles. The lowest BCUT2D eigenvalue weighted by atomic mass is 10.00. The van der Waals surface area contributed by atoms with E-state index in [0.29, 0.717) is 105 Å². The van der Waals surface area contributed by atoms with Gasteiger partial charge in [-0.1, -0.05) is 38.5 Å². The van der Waals surface area contributed by atoms with Crippen molar-refractivity contribution >= 4 is 94.8 Å². The summed E-state index contributed by atoms with van der Waals surface area (Å²) in [6, 6.07) is 14.5. The van der Waals surface area contributed by atoms with Crippen LogP contribution in [0, 0.1) is 17.5 Å². The third kappa shape index (κ3) is 19.1. The van der Waals surface area contributed by atoms with Crippen molar-refractivity contribution in [2.24, 2.45) is 0 Å². The first-order valence-corrected chi connectivity index (χ1v) is 39.0. The van der Waals surface area contributed by atoms with Gasteiger partial charge in [-0.15, -0.1) is 15.3 Å². The van der Waals surface area contributed by atoms with Gasteiger partial charge in [-0.05, 0) is 126 Å². The van der Waals surface area contributed by atoms with Crippen LogP contribution in [0.3, 0.4) is 0 Å². The van der Waals surface area contributed by atoms with Gasteiger partial charge < -0.3 is 65.6 Å². The summed E-state index contributed by atoms with van der Waals surface area (Å²) in [5, 5.41) is 61.7. The van der Waals surface area contributed by atoms with Gasteiger partial charge in [-0.3, -0.25) is 14.0 Å². The fourth-order valence-corrected chi connectivity index (χ4v) is 15.1. The Kier molecular flexibility index (Phi) is 24.5. The summed E-state index contributed by atoms with van der Waals surface area (Å²) in [6.07, 6.45) is 24.1. The molecule has 1 saturated carbocycles. The van der Waals surface area contributed by atoms with Crippen LogP contribution in [0.4, 0.5) is 42.4 Å². The number of aliphatic hydroxyl groups is 3. The number of methoxy groups -OCH3 is 5. The Labute approximate surface area is 664 Å². The molecule has 35 heteroatoms. The Morgan fingerprint density at radius 2 is 0.860 bits per heavy atom. The number of ether oxygens (including phenoxy) is 5. The Hall–Kier alpha value is -10.9. The highest BCUT2D eigenvalue weighted by atomic mass is 79.9. The van der Waals surface area contributed by atoms with Gasteiger partial charge >= 0.3 is 0 Å². The lowest BCUT2D eigenvalue weighted by Gasteiger charge is -2.23. The van der Waals surface area contributed by atoms with Crippen LogP contribution >= 0.6 is 15.9 Å². The van der Waals surface area contributed by atoms with Crippen LogP contribution in [0.2, 0.25) is 0 Å². The number of hydrogen-bond donors (Lipinski definition) is 6. The average molecular weight is 1640 g/mol. The van der Waals surface area contributed by atoms with Crippen molar-refractivity contribution in [3.8, 4) is 28.7 Å². The minimum atomic E-state index is -0.842. The van der Waals surface area contributed by atoms with Gasteiger partial charge in [-0.25, -0.2) is 43.1 Å². The van der Waals surface area contributed by atoms with Crippen molar-refractivity contribution in [2.45, 2.75) is 179 Å². The summed E-state index contributed by atoms with van der Waals surface area (Å²) in [5.41, 5.74) is 16.0. The zero-order valence-electron chi connectivity index (χ0n) is 66.0. The van der Waals surface area contributed by atoms with E-state index in [1.807, 2.05) is 49.2 Å². The number of benzene rings is 4. The second kappa shape index (κ2) is 34.4. The molecule has 0 radical (unpaired) electrons. The normalized spacial score (nSPS) is 16.1. The molecule has 114 heavy (non-hydrogen) atoms. The minimum Gasteiger partial charge on any atom is -0.497 e. The number of anilines is 5. The summed E-state index contributed by atoms with van der Waals surface area (Å²) in [4.78, 5) is 32.6. The third-order valence-electron chi connectivity index (χ3n) is 20.2. The Morgan fingerprint density at radius 3 is 1.28 bits per heavy atom. The van der Waals surface area contributed by atoms with Gasteiger partial charge in [0.25, 0.3) is 0 Å². The second-order valence-electron chi connectivity index (χ2n) is 31.1. The fourth-order valence-electron chi connectivity index (χ4n) is 14.7. The van der Waals surface area contributed by atoms with E-state index in [2.05, 4.69) is 66.5 Å². The van der Waals surface area contributed by atoms with Gasteiger partial charge in [0.1, 0.15) is 11.5 Å². The van der Waals surface area contributed by atoms with Crippen LogP contribution < -0.4 is 50.3 Å². The maximum absolute atomic E-state index is 14.6. The monoisotopic (exact) mass is 1630 g/mol. The first kappa shape index (κ1) is 81.1. The molecule has 2 aliphatic heterocycles. The first-order valence-electron chi connectivity index (χ1n) is 38.2. The molecule has 4 aromatic carbocycles. The Balaban J connectivity index is 0.000000140. The molecule has 9 aromatic heterocycles. The predicted molar refractivity (Wildman–Crippen MR) is 431 cm³/mol. The Bertz CT molecular complexity index is 5320. The van der Waals surface area contributed by atoms with E-state index in [9.17, 15) is 28.5 Å². The summed E-state index contributed by atoms with van der Waals surface area (Å²) in [6.45, 7) is 15.6. The summed E-state index contributed by atoms with van der Waals surface area (Å²) >= 11 is 3.27. The summed E-state index contributed by atoms with van der Waals surface area (Å²) in [7, 11) is 7.51. The average Bonchev–Trinajstić information content (AvgIpc) is 1.59. The van der Waals surface area contributed by atoms with Gasteiger partial charge in [0.05, 0.1) is 123 Å². The lowest BCUT2D eigenvalue weighted by molar-refractivity contribution is 0.0571. The van der Waals surface area contributed by atoms with Gasteiger partial charge in [0, 0.05) is 115 Å². The number of halogens is 4. The molecule has 3 aliphatic rings. The molecule has 13 aromatic rings. The highest BCUT2D eigenvalue weighted by Gasteiger charge is 2.31. The van der Waals surface area contributed by atoms with Crippen molar-refractivity contribution in [2.75, 3.05) is 88.3 Å². The minimum absolute atomic E-state index is 0.0672. The van der Waals surface area contributed by atoms with E-state index in [1.165, 1.54) is 86.4 Å². The molecule has 8 N–H and O–H groups in total. The van der Waals surface area contributed by atoms with Crippen LogP contribution in [0.1, 0.15) is 159 Å². The Morgan fingerprint density at radius 1 is 0.465 bits per heavy atom. The molecule has 3 fully saturated rings. The number of hydrogen-bond acceptors (Lipinski definition) is 25. The van der Waals surface area contributed by atoms with E-state index in [1.54, 1.807) is 86.6 Å². The van der Waals surface area contributed by atoms with Crippen LogP contribution in [0.25, 0.3) is 49.7 Å². The maximum Gasteiger partial charge on any atom is 0.226 e.